The van der Waals surface area contributed by atoms with Crippen LogP contribution in [-0.4, -0.2) is 27.5 Å². The third-order valence-electron chi connectivity index (χ3n) is 9.31. The summed E-state index contributed by atoms with van der Waals surface area (Å²) in [6, 6.07) is 10.9. The van der Waals surface area contributed by atoms with Gasteiger partial charge in [0.1, 0.15) is 0 Å². The molecule has 3 saturated carbocycles. The summed E-state index contributed by atoms with van der Waals surface area (Å²) in [5.41, 5.74) is 7.70. The maximum Gasteiger partial charge on any atom is 0.261 e. The quantitative estimate of drug-likeness (QED) is 0.175. The zero-order valence-corrected chi connectivity index (χ0v) is 26.6. The Bertz CT molecular complexity index is 1590. The van der Waals surface area contributed by atoms with Gasteiger partial charge >= 0.3 is 0 Å². The number of hydrazine groups is 1. The van der Waals surface area contributed by atoms with Gasteiger partial charge in [-0.1, -0.05) is 70.8 Å². The average molecular weight is 612 g/mol. The van der Waals surface area contributed by atoms with Gasteiger partial charge in [0.05, 0.1) is 23.3 Å². The fourth-order valence-corrected chi connectivity index (χ4v) is 6.86. The Balaban J connectivity index is 1.35. The van der Waals surface area contributed by atoms with Gasteiger partial charge in [0.2, 0.25) is 11.9 Å². The molecular weight excluding hydrogens is 571 g/mol. The van der Waals surface area contributed by atoms with Crippen LogP contribution in [-0.2, 0) is 17.8 Å². The van der Waals surface area contributed by atoms with Crippen molar-refractivity contribution in [2.45, 2.75) is 73.4 Å². The molecule has 3 N–H and O–H groups in total. The minimum Gasteiger partial charge on any atom is -0.325 e. The van der Waals surface area contributed by atoms with E-state index in [9.17, 15) is 9.59 Å². The standard InChI is InChI=1S/C32H40Cl2N6O2/c1-18-24-13-20(32(24,5)6)14-26(18)37-30(39-38-29(42)31(2,3)4)36-22-9-10-23-27(16-22)35-17-40(28(23)41)12-11-19-7-8-21(33)15-25(19)34/h7-10,15-18,20,24,26H,11-14H2,1-6H3,(H,38,42)(H2,36,37,39)/t18-,20+,24-,26-/m0/s1. The van der Waals surface area contributed by atoms with Gasteiger partial charge in [-0.25, -0.2) is 9.98 Å². The average Bonchev–Trinajstić information content (AvgIpc) is 2.92. The minimum atomic E-state index is -0.562. The molecule has 10 heteroatoms. The van der Waals surface area contributed by atoms with Gasteiger partial charge < -0.3 is 5.32 Å². The number of hydrogen-bond acceptors (Lipinski definition) is 4. The number of guanidine groups is 1. The van der Waals surface area contributed by atoms with Gasteiger partial charge in [0, 0.05) is 27.7 Å². The summed E-state index contributed by atoms with van der Waals surface area (Å²) < 4.78 is 1.59. The molecule has 8 nitrogen and oxygen atoms in total. The molecule has 42 heavy (non-hydrogen) atoms. The summed E-state index contributed by atoms with van der Waals surface area (Å²) in [6.45, 7) is 13.0. The first kappa shape index (κ1) is 30.4. The Hall–Kier alpha value is -3.10. The number of nitrogens with zero attached hydrogens (tertiary/aromatic N) is 3. The van der Waals surface area contributed by atoms with Crippen molar-refractivity contribution in [2.75, 3.05) is 5.32 Å². The Kier molecular flexibility index (Phi) is 8.33. The maximum absolute atomic E-state index is 13.2. The van der Waals surface area contributed by atoms with Gasteiger partial charge in [0.25, 0.3) is 5.56 Å². The predicted octanol–water partition coefficient (Wildman–Crippen LogP) is 6.45. The second-order valence-electron chi connectivity index (χ2n) is 13.4. The lowest BCUT2D eigenvalue weighted by atomic mass is 9.45. The predicted molar refractivity (Wildman–Crippen MR) is 171 cm³/mol. The van der Waals surface area contributed by atoms with Crippen LogP contribution in [0.1, 0.15) is 59.9 Å². The Morgan fingerprint density at radius 3 is 2.55 bits per heavy atom. The first-order valence-corrected chi connectivity index (χ1v) is 15.3. The summed E-state index contributed by atoms with van der Waals surface area (Å²) in [5.74, 6) is 2.05. The van der Waals surface area contributed by atoms with E-state index < -0.39 is 5.41 Å². The molecule has 6 rings (SSSR count). The first-order valence-electron chi connectivity index (χ1n) is 14.6. The van der Waals surface area contributed by atoms with Gasteiger partial charge in [-0.15, -0.1) is 0 Å². The van der Waals surface area contributed by atoms with Crippen molar-refractivity contribution in [1.29, 1.82) is 0 Å². The van der Waals surface area contributed by atoms with Crippen molar-refractivity contribution in [3.8, 4) is 0 Å². The Morgan fingerprint density at radius 1 is 1.12 bits per heavy atom. The smallest absolute Gasteiger partial charge is 0.261 e. The number of aliphatic imine (C=N–C) groups is 1. The molecule has 0 saturated heterocycles. The van der Waals surface area contributed by atoms with Crippen LogP contribution in [0.3, 0.4) is 0 Å². The maximum atomic E-state index is 13.2. The Morgan fingerprint density at radius 2 is 1.88 bits per heavy atom. The van der Waals surface area contributed by atoms with E-state index in [0.29, 0.717) is 68.7 Å². The third kappa shape index (κ3) is 6.16. The van der Waals surface area contributed by atoms with E-state index >= 15 is 0 Å². The Labute approximate surface area is 257 Å². The number of aromatic nitrogens is 2. The monoisotopic (exact) mass is 610 g/mol. The fraction of sp³-hybridized carbons (Fsp3) is 0.500. The second-order valence-corrected chi connectivity index (χ2v) is 14.3. The van der Waals surface area contributed by atoms with Crippen molar-refractivity contribution in [3.05, 3.63) is 68.7 Å². The van der Waals surface area contributed by atoms with E-state index in [1.165, 1.54) is 6.42 Å². The highest BCUT2D eigenvalue weighted by Gasteiger charge is 2.56. The van der Waals surface area contributed by atoms with E-state index in [2.05, 4.69) is 41.9 Å². The van der Waals surface area contributed by atoms with Crippen LogP contribution < -0.4 is 21.7 Å². The molecule has 1 amide bonds. The fourth-order valence-electron chi connectivity index (χ4n) is 6.36. The van der Waals surface area contributed by atoms with Crippen LogP contribution in [0.15, 0.2) is 52.5 Å². The summed E-state index contributed by atoms with van der Waals surface area (Å²) >= 11 is 12.3. The molecule has 3 aromatic rings. The summed E-state index contributed by atoms with van der Waals surface area (Å²) in [7, 11) is 0. The first-order chi connectivity index (χ1) is 19.7. The van der Waals surface area contributed by atoms with E-state index in [1.807, 2.05) is 39.0 Å². The second kappa shape index (κ2) is 11.5. The zero-order chi connectivity index (χ0) is 30.4. The zero-order valence-electron chi connectivity index (χ0n) is 25.1. The van der Waals surface area contributed by atoms with E-state index in [1.54, 1.807) is 29.1 Å². The molecule has 3 aliphatic carbocycles. The number of halogens is 2. The van der Waals surface area contributed by atoms with Crippen LogP contribution in [0.4, 0.5) is 5.69 Å². The molecule has 224 valence electrons. The van der Waals surface area contributed by atoms with Crippen molar-refractivity contribution in [2.24, 2.45) is 33.6 Å². The summed E-state index contributed by atoms with van der Waals surface area (Å²) in [4.78, 5) is 35.5. The lowest BCUT2D eigenvalue weighted by molar-refractivity contribution is -0.129. The molecule has 4 atom stereocenters. The number of aryl methyl sites for hydroxylation is 2. The number of amides is 1. The van der Waals surface area contributed by atoms with E-state index in [4.69, 9.17) is 28.2 Å². The van der Waals surface area contributed by atoms with Crippen molar-refractivity contribution in [3.63, 3.8) is 0 Å². The molecule has 2 aromatic carbocycles. The van der Waals surface area contributed by atoms with Crippen LogP contribution in [0.2, 0.25) is 10.0 Å². The van der Waals surface area contributed by atoms with Gasteiger partial charge in [-0.3, -0.25) is 25.0 Å². The molecule has 2 bridgehead atoms. The molecule has 3 fully saturated rings. The topological polar surface area (TPSA) is 100 Å². The molecule has 1 aromatic heterocycles. The molecule has 0 unspecified atom stereocenters. The van der Waals surface area contributed by atoms with Crippen molar-refractivity contribution in [1.82, 2.24) is 20.4 Å². The number of carbonyl (C=O) groups is 1. The number of anilines is 1. The number of benzene rings is 2. The number of hydrogen-bond donors (Lipinski definition) is 3. The van der Waals surface area contributed by atoms with Crippen molar-refractivity contribution < 1.29 is 4.79 Å². The summed E-state index contributed by atoms with van der Waals surface area (Å²) in [6.07, 6.45) is 4.42. The molecule has 0 aliphatic heterocycles. The van der Waals surface area contributed by atoms with E-state index in [-0.39, 0.29) is 17.5 Å². The lowest BCUT2D eigenvalue weighted by Gasteiger charge is -2.61. The van der Waals surface area contributed by atoms with Crippen LogP contribution >= 0.6 is 23.2 Å². The summed E-state index contributed by atoms with van der Waals surface area (Å²) in [5, 5.41) is 5.00. The number of nitrogens with one attached hydrogen (secondary N) is 3. The number of rotatable bonds is 5. The van der Waals surface area contributed by atoms with Crippen LogP contribution in [0, 0.1) is 28.6 Å². The molecule has 0 spiro atoms. The molecule has 1 heterocycles. The largest absolute Gasteiger partial charge is 0.325 e. The highest BCUT2D eigenvalue weighted by molar-refractivity contribution is 6.35. The third-order valence-corrected chi connectivity index (χ3v) is 9.90. The minimum absolute atomic E-state index is 0.126. The van der Waals surface area contributed by atoms with Gasteiger partial charge in [-0.2, -0.15) is 0 Å². The van der Waals surface area contributed by atoms with Crippen molar-refractivity contribution >= 4 is 51.7 Å². The lowest BCUT2D eigenvalue weighted by Crippen LogP contribution is -2.57. The van der Waals surface area contributed by atoms with Crippen LogP contribution in [0.5, 0.6) is 0 Å². The SMILES string of the molecule is C[C@@H]1[C@@H](N=C(NNC(=O)C(C)(C)C)Nc2ccc3c(=O)n(CCc4ccc(Cl)cc4Cl)cnc3c2)C[C@H]2C[C@@H]1C2(C)C. The highest BCUT2D eigenvalue weighted by atomic mass is 35.5. The number of carbonyl (C=O) groups excluding carboxylic acids is 1. The van der Waals surface area contributed by atoms with Crippen LogP contribution in [0.25, 0.3) is 10.9 Å². The molecule has 3 aliphatic rings. The van der Waals surface area contributed by atoms with E-state index in [0.717, 1.165) is 12.0 Å². The van der Waals surface area contributed by atoms with Gasteiger partial charge in [-0.05, 0) is 78.3 Å². The molecule has 0 radical (unpaired) electrons. The molecular formula is C32H40Cl2N6O2. The normalized spacial score (nSPS) is 23.3. The van der Waals surface area contributed by atoms with Gasteiger partial charge in [0.15, 0.2) is 0 Å². The number of fused-ring (bicyclic) bond motifs is 3. The highest BCUT2D eigenvalue weighted by Crippen LogP contribution is 2.61.